The number of benzene rings is 2. The predicted molar refractivity (Wildman–Crippen MR) is 104 cm³/mol. The summed E-state index contributed by atoms with van der Waals surface area (Å²) in [6.07, 6.45) is 1.59. The van der Waals surface area contributed by atoms with Gasteiger partial charge in [0, 0.05) is 12.1 Å². The molecule has 0 saturated carbocycles. The summed E-state index contributed by atoms with van der Waals surface area (Å²) < 4.78 is 38.4. The van der Waals surface area contributed by atoms with Crippen molar-refractivity contribution in [2.45, 2.75) is 31.6 Å². The van der Waals surface area contributed by atoms with Crippen LogP contribution >= 0.6 is 0 Å². The van der Waals surface area contributed by atoms with Gasteiger partial charge >= 0.3 is 0 Å². The second-order valence-electron chi connectivity index (χ2n) is 6.30. The Bertz CT molecular complexity index is 1040. The number of hydrogen-bond acceptors (Lipinski definition) is 5. The minimum atomic E-state index is -3.72. The Morgan fingerprint density at radius 1 is 1.00 bits per heavy atom. The van der Waals surface area contributed by atoms with Crippen LogP contribution in [-0.4, -0.2) is 14.2 Å². The Morgan fingerprint density at radius 2 is 1.79 bits per heavy atom. The van der Waals surface area contributed by atoms with Crippen LogP contribution in [0.25, 0.3) is 0 Å². The van der Waals surface area contributed by atoms with Crippen LogP contribution in [-0.2, 0) is 34.5 Å². The van der Waals surface area contributed by atoms with Gasteiger partial charge in [-0.25, -0.2) is 13.1 Å². The van der Waals surface area contributed by atoms with E-state index in [0.717, 1.165) is 16.9 Å². The minimum Gasteiger partial charge on any atom is -0.467 e. The van der Waals surface area contributed by atoms with Crippen molar-refractivity contribution in [1.29, 1.82) is 0 Å². The zero-order valence-electron chi connectivity index (χ0n) is 15.4. The molecule has 146 valence electrons. The van der Waals surface area contributed by atoms with Crippen LogP contribution < -0.4 is 4.72 Å². The molecule has 3 rings (SSSR count). The number of ether oxygens (including phenoxy) is 1. The normalized spacial score (nSPS) is 11.5. The van der Waals surface area contributed by atoms with Crippen molar-refractivity contribution in [3.63, 3.8) is 0 Å². The number of carbonyl (C=O) groups excluding carboxylic acids is 1. The van der Waals surface area contributed by atoms with E-state index in [0.29, 0.717) is 18.8 Å². The number of Topliss-reactive ketones (excluding diaryl/α,β-unsaturated/α-hetero) is 1. The lowest BCUT2D eigenvalue weighted by molar-refractivity contribution is 0.0929. The molecule has 0 aliphatic carbocycles. The first kappa shape index (κ1) is 20.0. The summed E-state index contributed by atoms with van der Waals surface area (Å²) in [5, 5.41) is 0. The van der Waals surface area contributed by atoms with Crippen molar-refractivity contribution in [1.82, 2.24) is 4.72 Å². The molecule has 28 heavy (non-hydrogen) atoms. The SMILES string of the molecule is CC(=O)c1cccc(S(=O)(=O)NCc2cccc(COCc3ccco3)c2)c1. The van der Waals surface area contributed by atoms with Crippen LogP contribution in [0, 0.1) is 0 Å². The van der Waals surface area contributed by atoms with Crippen molar-refractivity contribution in [3.05, 3.63) is 89.4 Å². The van der Waals surface area contributed by atoms with Gasteiger partial charge < -0.3 is 9.15 Å². The van der Waals surface area contributed by atoms with E-state index in [1.54, 1.807) is 24.5 Å². The first-order valence-electron chi connectivity index (χ1n) is 8.73. The van der Waals surface area contributed by atoms with Gasteiger partial charge in [0.15, 0.2) is 5.78 Å². The van der Waals surface area contributed by atoms with Gasteiger partial charge in [-0.3, -0.25) is 4.79 Å². The van der Waals surface area contributed by atoms with Crippen LogP contribution in [0.15, 0.2) is 76.2 Å². The highest BCUT2D eigenvalue weighted by Gasteiger charge is 2.15. The number of sulfonamides is 1. The molecule has 1 heterocycles. The van der Waals surface area contributed by atoms with Crippen molar-refractivity contribution in [3.8, 4) is 0 Å². The van der Waals surface area contributed by atoms with Gasteiger partial charge in [-0.15, -0.1) is 0 Å². The molecule has 0 atom stereocenters. The first-order valence-corrected chi connectivity index (χ1v) is 10.2. The van der Waals surface area contributed by atoms with E-state index in [1.165, 1.54) is 19.1 Å². The standard InChI is InChI=1S/C21H21NO5S/c1-16(23)19-7-3-9-21(12-19)28(24,25)22-13-17-5-2-6-18(11-17)14-26-15-20-8-4-10-27-20/h2-12,22H,13-15H2,1H3. The fourth-order valence-corrected chi connectivity index (χ4v) is 3.70. The number of nitrogens with one attached hydrogen (secondary N) is 1. The molecule has 0 radical (unpaired) electrons. The molecule has 6 nitrogen and oxygen atoms in total. The highest BCUT2D eigenvalue weighted by molar-refractivity contribution is 7.89. The second kappa shape index (κ2) is 8.97. The van der Waals surface area contributed by atoms with Crippen molar-refractivity contribution >= 4 is 15.8 Å². The van der Waals surface area contributed by atoms with Gasteiger partial charge in [-0.2, -0.15) is 0 Å². The quantitative estimate of drug-likeness (QED) is 0.555. The van der Waals surface area contributed by atoms with Crippen molar-refractivity contribution in [2.24, 2.45) is 0 Å². The molecule has 0 saturated heterocycles. The molecule has 2 aromatic carbocycles. The van der Waals surface area contributed by atoms with E-state index in [4.69, 9.17) is 9.15 Å². The fourth-order valence-electron chi connectivity index (χ4n) is 2.64. The van der Waals surface area contributed by atoms with Crippen molar-refractivity contribution < 1.29 is 22.4 Å². The maximum Gasteiger partial charge on any atom is 0.240 e. The third-order valence-electron chi connectivity index (χ3n) is 4.10. The highest BCUT2D eigenvalue weighted by atomic mass is 32.2. The zero-order chi connectivity index (χ0) is 20.0. The maximum absolute atomic E-state index is 12.5. The van der Waals surface area contributed by atoms with Crippen LogP contribution in [0.4, 0.5) is 0 Å². The molecule has 3 aromatic rings. The lowest BCUT2D eigenvalue weighted by Crippen LogP contribution is -2.23. The minimum absolute atomic E-state index is 0.0677. The molecule has 0 fully saturated rings. The van der Waals surface area contributed by atoms with Gasteiger partial charge in [0.2, 0.25) is 10.0 Å². The number of carbonyl (C=O) groups is 1. The number of furan rings is 1. The summed E-state index contributed by atoms with van der Waals surface area (Å²) in [7, 11) is -3.72. The lowest BCUT2D eigenvalue weighted by Gasteiger charge is -2.09. The van der Waals surface area contributed by atoms with Gasteiger partial charge in [0.1, 0.15) is 12.4 Å². The molecule has 0 spiro atoms. The Hall–Kier alpha value is -2.74. The molecule has 0 aliphatic rings. The first-order chi connectivity index (χ1) is 13.4. The van der Waals surface area contributed by atoms with E-state index in [2.05, 4.69) is 4.72 Å². The van der Waals surface area contributed by atoms with Gasteiger partial charge in [-0.05, 0) is 42.3 Å². The van der Waals surface area contributed by atoms with E-state index in [1.807, 2.05) is 30.3 Å². The van der Waals surface area contributed by atoms with Gasteiger partial charge in [0.25, 0.3) is 0 Å². The molecule has 0 aliphatic heterocycles. The zero-order valence-corrected chi connectivity index (χ0v) is 16.2. The number of hydrogen-bond donors (Lipinski definition) is 1. The van der Waals surface area contributed by atoms with Gasteiger partial charge in [-0.1, -0.05) is 36.4 Å². The summed E-state index contributed by atoms with van der Waals surface area (Å²) in [6.45, 7) is 2.30. The maximum atomic E-state index is 12.5. The van der Waals surface area contributed by atoms with E-state index in [9.17, 15) is 13.2 Å². The third kappa shape index (κ3) is 5.39. The lowest BCUT2D eigenvalue weighted by atomic mass is 10.1. The van der Waals surface area contributed by atoms with E-state index in [-0.39, 0.29) is 17.2 Å². The Morgan fingerprint density at radius 3 is 2.54 bits per heavy atom. The number of rotatable bonds is 9. The molecule has 1 aromatic heterocycles. The van der Waals surface area contributed by atoms with Gasteiger partial charge in [0.05, 0.1) is 17.8 Å². The Labute approximate surface area is 164 Å². The Kier molecular flexibility index (Phi) is 6.41. The summed E-state index contributed by atoms with van der Waals surface area (Å²) >= 11 is 0. The molecular weight excluding hydrogens is 378 g/mol. The summed E-state index contributed by atoms with van der Waals surface area (Å²) in [6, 6.07) is 17.1. The second-order valence-corrected chi connectivity index (χ2v) is 8.07. The smallest absolute Gasteiger partial charge is 0.240 e. The average molecular weight is 399 g/mol. The van der Waals surface area contributed by atoms with Crippen LogP contribution in [0.3, 0.4) is 0 Å². The molecular formula is C21H21NO5S. The molecule has 0 amide bonds. The Balaban J connectivity index is 1.60. The average Bonchev–Trinajstić information content (AvgIpc) is 3.20. The molecule has 0 bridgehead atoms. The monoisotopic (exact) mass is 399 g/mol. The predicted octanol–water partition coefficient (Wildman–Crippen LogP) is 3.68. The third-order valence-corrected chi connectivity index (χ3v) is 5.50. The van der Waals surface area contributed by atoms with E-state index < -0.39 is 10.0 Å². The fraction of sp³-hybridized carbons (Fsp3) is 0.190. The van der Waals surface area contributed by atoms with Crippen molar-refractivity contribution in [2.75, 3.05) is 0 Å². The summed E-state index contributed by atoms with van der Waals surface area (Å²) in [4.78, 5) is 11.5. The topological polar surface area (TPSA) is 85.6 Å². The van der Waals surface area contributed by atoms with E-state index >= 15 is 0 Å². The number of ketones is 1. The largest absolute Gasteiger partial charge is 0.467 e. The molecule has 7 heteroatoms. The van der Waals surface area contributed by atoms with Crippen LogP contribution in [0.1, 0.15) is 34.2 Å². The highest BCUT2D eigenvalue weighted by Crippen LogP contribution is 2.14. The summed E-state index contributed by atoms with van der Waals surface area (Å²) in [5.41, 5.74) is 2.10. The molecule has 1 N–H and O–H groups in total. The van der Waals surface area contributed by atoms with Crippen LogP contribution in [0.2, 0.25) is 0 Å². The molecule has 0 unspecified atom stereocenters. The van der Waals surface area contributed by atoms with Crippen LogP contribution in [0.5, 0.6) is 0 Å². The summed E-state index contributed by atoms with van der Waals surface area (Å²) in [5.74, 6) is 0.566.